The second-order valence-electron chi connectivity index (χ2n) is 6.42. The second-order valence-corrected chi connectivity index (χ2v) is 6.42. The van der Waals surface area contributed by atoms with Gasteiger partial charge in [-0.2, -0.15) is 0 Å². The molecule has 0 N–H and O–H groups in total. The smallest absolute Gasteiger partial charge is 0.0448 e. The van der Waals surface area contributed by atoms with Gasteiger partial charge in [-0.05, 0) is 54.2 Å². The highest BCUT2D eigenvalue weighted by Crippen LogP contribution is 2.54. The molecule has 0 aliphatic heterocycles. The first-order valence-corrected chi connectivity index (χ1v) is 8.33. The van der Waals surface area contributed by atoms with E-state index in [1.54, 1.807) is 0 Å². The van der Waals surface area contributed by atoms with Gasteiger partial charge in [0, 0.05) is 23.7 Å². The fourth-order valence-corrected chi connectivity index (χ4v) is 4.29. The molecule has 2 aliphatic rings. The minimum Gasteiger partial charge on any atom is -0.261 e. The van der Waals surface area contributed by atoms with Crippen LogP contribution in [0.15, 0.2) is 72.5 Å². The number of pyridine rings is 1. The third kappa shape index (κ3) is 1.96. The summed E-state index contributed by atoms with van der Waals surface area (Å²) in [5.41, 5.74) is 8.35. The molecule has 1 aromatic carbocycles. The molecule has 0 bridgehead atoms. The van der Waals surface area contributed by atoms with Crippen LogP contribution in [0.1, 0.15) is 36.2 Å². The minimum atomic E-state index is 0.0502. The lowest BCUT2D eigenvalue weighted by molar-refractivity contribution is 0.555. The van der Waals surface area contributed by atoms with E-state index in [2.05, 4.69) is 79.5 Å². The average Bonchev–Trinajstić information content (AvgIpc) is 3.08. The summed E-state index contributed by atoms with van der Waals surface area (Å²) in [5, 5.41) is 0. The summed E-state index contributed by atoms with van der Waals surface area (Å²) in [6.07, 6.45) is 12.9. The minimum absolute atomic E-state index is 0.0502. The summed E-state index contributed by atoms with van der Waals surface area (Å²) >= 11 is 0. The van der Waals surface area contributed by atoms with E-state index in [1.165, 1.54) is 33.5 Å². The molecule has 0 saturated heterocycles. The van der Waals surface area contributed by atoms with E-state index < -0.39 is 0 Å². The molecule has 0 fully saturated rings. The van der Waals surface area contributed by atoms with Gasteiger partial charge in [0.2, 0.25) is 0 Å². The van der Waals surface area contributed by atoms with Gasteiger partial charge in [0.25, 0.3) is 0 Å². The largest absolute Gasteiger partial charge is 0.261 e. The van der Waals surface area contributed by atoms with Crippen molar-refractivity contribution in [3.05, 3.63) is 94.9 Å². The zero-order valence-corrected chi connectivity index (χ0v) is 13.7. The van der Waals surface area contributed by atoms with Crippen molar-refractivity contribution in [3.63, 3.8) is 0 Å². The van der Waals surface area contributed by atoms with Crippen molar-refractivity contribution < 1.29 is 0 Å². The third-order valence-corrected chi connectivity index (χ3v) is 5.15. The van der Waals surface area contributed by atoms with Crippen molar-refractivity contribution in [1.82, 2.24) is 4.98 Å². The maximum absolute atomic E-state index is 4.65. The van der Waals surface area contributed by atoms with Crippen LogP contribution in [-0.2, 0) is 18.3 Å². The Morgan fingerprint density at radius 1 is 0.957 bits per heavy atom. The number of hydrogen-bond acceptors (Lipinski definition) is 1. The van der Waals surface area contributed by atoms with Gasteiger partial charge in [-0.15, -0.1) is 0 Å². The van der Waals surface area contributed by atoms with Gasteiger partial charge in [-0.1, -0.05) is 54.6 Å². The van der Waals surface area contributed by atoms with E-state index >= 15 is 0 Å². The molecule has 1 heterocycles. The van der Waals surface area contributed by atoms with Crippen molar-refractivity contribution in [2.45, 2.75) is 32.1 Å². The normalized spacial score (nSPS) is 22.5. The first-order valence-electron chi connectivity index (χ1n) is 8.33. The van der Waals surface area contributed by atoms with Crippen LogP contribution in [0.3, 0.4) is 0 Å². The van der Waals surface area contributed by atoms with E-state index in [0.717, 1.165) is 12.8 Å². The van der Waals surface area contributed by atoms with E-state index in [1.807, 2.05) is 6.20 Å². The van der Waals surface area contributed by atoms with Crippen molar-refractivity contribution >= 4 is 5.57 Å². The maximum atomic E-state index is 4.65. The van der Waals surface area contributed by atoms with Crippen LogP contribution in [-0.4, -0.2) is 4.98 Å². The first-order chi connectivity index (χ1) is 11.3. The molecule has 2 aliphatic carbocycles. The molecule has 0 radical (unpaired) electrons. The Bertz CT molecular complexity index is 827. The predicted octanol–water partition coefficient (Wildman–Crippen LogP) is 5.04. The number of rotatable bonds is 2. The van der Waals surface area contributed by atoms with Crippen LogP contribution >= 0.6 is 0 Å². The van der Waals surface area contributed by atoms with Gasteiger partial charge in [0.05, 0.1) is 0 Å². The van der Waals surface area contributed by atoms with Crippen LogP contribution in [0.4, 0.5) is 0 Å². The molecule has 114 valence electrons. The molecule has 2 aromatic rings. The van der Waals surface area contributed by atoms with E-state index in [0.29, 0.717) is 0 Å². The topological polar surface area (TPSA) is 12.9 Å². The molecule has 0 amide bonds. The molecule has 1 unspecified atom stereocenters. The van der Waals surface area contributed by atoms with Gasteiger partial charge in [-0.25, -0.2) is 0 Å². The molecule has 23 heavy (non-hydrogen) atoms. The van der Waals surface area contributed by atoms with Gasteiger partial charge in [0.15, 0.2) is 0 Å². The van der Waals surface area contributed by atoms with Crippen molar-refractivity contribution in [3.8, 4) is 0 Å². The van der Waals surface area contributed by atoms with Crippen molar-refractivity contribution in [2.75, 3.05) is 0 Å². The lowest BCUT2D eigenvalue weighted by atomic mass is 9.74. The number of aromatic nitrogens is 1. The molecule has 1 aromatic heterocycles. The summed E-state index contributed by atoms with van der Waals surface area (Å²) in [6.45, 7) is 4.20. The Morgan fingerprint density at radius 2 is 1.78 bits per heavy atom. The molecule has 1 heteroatoms. The Balaban J connectivity index is 1.99. The summed E-state index contributed by atoms with van der Waals surface area (Å²) in [7, 11) is 0. The highest BCUT2D eigenvalue weighted by Gasteiger charge is 2.47. The summed E-state index contributed by atoms with van der Waals surface area (Å²) in [5.74, 6) is 0. The highest BCUT2D eigenvalue weighted by molar-refractivity contribution is 5.88. The van der Waals surface area contributed by atoms with E-state index in [4.69, 9.17) is 0 Å². The number of allylic oxidation sites excluding steroid dienone is 6. The van der Waals surface area contributed by atoms with Gasteiger partial charge in [-0.3, -0.25) is 4.98 Å². The number of fused-ring (bicyclic) bond motifs is 3. The van der Waals surface area contributed by atoms with Crippen molar-refractivity contribution in [1.29, 1.82) is 0 Å². The van der Waals surface area contributed by atoms with E-state index in [9.17, 15) is 0 Å². The number of benzene rings is 1. The lowest BCUT2D eigenvalue weighted by Crippen LogP contribution is -2.26. The first kappa shape index (κ1) is 14.2. The Morgan fingerprint density at radius 3 is 2.57 bits per heavy atom. The van der Waals surface area contributed by atoms with Crippen LogP contribution in [0.5, 0.6) is 0 Å². The summed E-state index contributed by atoms with van der Waals surface area (Å²) in [6, 6.07) is 13.2. The molecular weight excluding hydrogens is 278 g/mol. The molecule has 0 saturated carbocycles. The Labute approximate surface area is 138 Å². The fourth-order valence-electron chi connectivity index (χ4n) is 4.29. The van der Waals surface area contributed by atoms with Crippen molar-refractivity contribution in [2.24, 2.45) is 0 Å². The van der Waals surface area contributed by atoms with Gasteiger partial charge < -0.3 is 0 Å². The lowest BCUT2D eigenvalue weighted by Gasteiger charge is -2.27. The zero-order chi connectivity index (χ0) is 15.9. The fraction of sp³-hybridized carbons (Fsp3) is 0.227. The zero-order valence-electron chi connectivity index (χ0n) is 13.7. The van der Waals surface area contributed by atoms with Crippen LogP contribution in [0.2, 0.25) is 0 Å². The summed E-state index contributed by atoms with van der Waals surface area (Å²) < 4.78 is 0. The molecule has 4 rings (SSSR count). The Kier molecular flexibility index (Phi) is 3.30. The third-order valence-electron chi connectivity index (χ3n) is 5.15. The van der Waals surface area contributed by atoms with Gasteiger partial charge in [0.1, 0.15) is 0 Å². The SMILES string of the molecule is C/C=C\C1=C(/C=C/C)C2(Cc3cccnc3C2)c2ccccc21. The standard InChI is InChI=1S/C22H21N/c1-3-8-17-18-11-5-6-12-20(18)22(19(17)9-4-2)14-16-10-7-13-23-21(16)15-22/h3-13H,14-15H2,1-2H3/b8-3-,9-4+. The number of hydrogen-bond donors (Lipinski definition) is 0. The maximum Gasteiger partial charge on any atom is 0.0448 e. The monoisotopic (exact) mass is 299 g/mol. The molecular formula is C22H21N. The van der Waals surface area contributed by atoms with Crippen LogP contribution in [0.25, 0.3) is 5.57 Å². The quantitative estimate of drug-likeness (QED) is 0.757. The molecule has 1 spiro atoms. The van der Waals surface area contributed by atoms with Crippen LogP contribution < -0.4 is 0 Å². The van der Waals surface area contributed by atoms with Gasteiger partial charge >= 0.3 is 0 Å². The average molecular weight is 299 g/mol. The summed E-state index contributed by atoms with van der Waals surface area (Å²) in [4.78, 5) is 4.65. The second kappa shape index (κ2) is 5.34. The number of nitrogens with zero attached hydrogens (tertiary/aromatic N) is 1. The molecule has 1 atom stereocenters. The highest BCUT2D eigenvalue weighted by atomic mass is 14.7. The van der Waals surface area contributed by atoms with E-state index in [-0.39, 0.29) is 5.41 Å². The molecule has 1 nitrogen and oxygen atoms in total. The predicted molar refractivity (Wildman–Crippen MR) is 96.3 cm³/mol. The van der Waals surface area contributed by atoms with Crippen LogP contribution in [0, 0.1) is 0 Å². The Hall–Kier alpha value is -2.41.